The smallest absolute Gasteiger partial charge is 0.376 e. The van der Waals surface area contributed by atoms with Gasteiger partial charge in [0, 0.05) is 12.8 Å². The van der Waals surface area contributed by atoms with E-state index in [1.165, 1.54) is 38.5 Å². The Bertz CT molecular complexity index is 1270. The normalized spacial score (nSPS) is 52.6. The number of rotatable bonds is 8. The van der Waals surface area contributed by atoms with E-state index < -0.39 is 52.7 Å². The van der Waals surface area contributed by atoms with Gasteiger partial charge in [0.1, 0.15) is 31.5 Å². The van der Waals surface area contributed by atoms with Gasteiger partial charge in [-0.3, -0.25) is 9.59 Å². The maximum atomic E-state index is 14.1. The highest BCUT2D eigenvalue weighted by Gasteiger charge is 2.69. The summed E-state index contributed by atoms with van der Waals surface area (Å²) in [5.41, 5.74) is -0.834. The molecule has 0 radical (unpaired) electrons. The SMILES string of the molecule is CC(F)(F)C(=O)OC1C2CC3CC(C2)C2(OC(COC(=O)C45CC6CC(CC(C6)C4)C5)C(COC(=O)C45CC6CC(CC(C6)C4)C5)O2)C1C3. The number of esters is 3. The van der Waals surface area contributed by atoms with E-state index in [0.29, 0.717) is 61.2 Å². The summed E-state index contributed by atoms with van der Waals surface area (Å²) in [7, 11) is 0. The second-order valence-electron chi connectivity index (χ2n) is 19.3. The van der Waals surface area contributed by atoms with Crippen LogP contribution in [0.15, 0.2) is 0 Å². The average Bonchev–Trinajstić information content (AvgIpc) is 3.39. The number of halogens is 2. The Balaban J connectivity index is 0.897. The van der Waals surface area contributed by atoms with Gasteiger partial charge in [-0.25, -0.2) is 4.79 Å². The van der Waals surface area contributed by atoms with Crippen LogP contribution in [-0.2, 0) is 38.1 Å². The van der Waals surface area contributed by atoms with Gasteiger partial charge >= 0.3 is 23.8 Å². The highest BCUT2D eigenvalue weighted by atomic mass is 19.3. The number of hydrogen-bond acceptors (Lipinski definition) is 8. The Morgan fingerprint density at radius 1 is 0.633 bits per heavy atom. The molecule has 270 valence electrons. The highest BCUT2D eigenvalue weighted by Crippen LogP contribution is 2.64. The van der Waals surface area contributed by atoms with Crippen LogP contribution in [-0.4, -0.2) is 61.1 Å². The lowest BCUT2D eigenvalue weighted by molar-refractivity contribution is -0.327. The van der Waals surface area contributed by atoms with Gasteiger partial charge in [-0.05, 0) is 150 Å². The molecule has 0 N–H and O–H groups in total. The zero-order valence-electron chi connectivity index (χ0n) is 28.8. The summed E-state index contributed by atoms with van der Waals surface area (Å²) in [6.07, 6.45) is 13.7. The fourth-order valence-electron chi connectivity index (χ4n) is 14.8. The molecule has 0 aromatic heterocycles. The molecule has 12 bridgehead atoms. The third kappa shape index (κ3) is 5.01. The summed E-state index contributed by atoms with van der Waals surface area (Å²) >= 11 is 0. The highest BCUT2D eigenvalue weighted by molar-refractivity contribution is 5.78. The maximum absolute atomic E-state index is 14.1. The van der Waals surface area contributed by atoms with Crippen LogP contribution in [0.4, 0.5) is 8.78 Å². The molecule has 1 spiro atoms. The predicted octanol–water partition coefficient (Wildman–Crippen LogP) is 6.62. The Labute approximate surface area is 287 Å². The standard InChI is InChI=1S/C39H52F2O8/c1-36(40,41)33(42)47-32-27-8-20-9-28(11-27)39(29(32)10-20)48-30(18-45-34(43)37-12-21-2-22(13-37)4-23(3-21)14-37)31(49-39)19-46-35(44)38-15-24-5-25(16-38)7-26(6-24)17-38/h20-32H,2-19H2,1H3. The average molecular weight is 687 g/mol. The van der Waals surface area contributed by atoms with Gasteiger partial charge in [-0.15, -0.1) is 0 Å². The van der Waals surface area contributed by atoms with Crippen molar-refractivity contribution < 1.29 is 46.8 Å². The van der Waals surface area contributed by atoms with Gasteiger partial charge in [0.15, 0.2) is 5.79 Å². The quantitative estimate of drug-likeness (QED) is 0.208. The predicted molar refractivity (Wildman–Crippen MR) is 169 cm³/mol. The van der Waals surface area contributed by atoms with Crippen LogP contribution in [0.1, 0.15) is 110 Å². The van der Waals surface area contributed by atoms with Gasteiger partial charge in [-0.1, -0.05) is 0 Å². The fraction of sp³-hybridized carbons (Fsp3) is 0.923. The molecule has 12 saturated carbocycles. The van der Waals surface area contributed by atoms with Crippen molar-refractivity contribution in [3.8, 4) is 0 Å². The van der Waals surface area contributed by atoms with E-state index in [0.717, 1.165) is 51.4 Å². The van der Waals surface area contributed by atoms with Gasteiger partial charge in [0.2, 0.25) is 0 Å². The largest absolute Gasteiger partial charge is 0.462 e. The van der Waals surface area contributed by atoms with Gasteiger partial charge in [0.25, 0.3) is 0 Å². The number of carbonyl (C=O) groups excluding carboxylic acids is 3. The van der Waals surface area contributed by atoms with Crippen LogP contribution in [0.3, 0.4) is 0 Å². The lowest BCUT2D eigenvalue weighted by atomic mass is 9.49. The minimum atomic E-state index is -3.60. The van der Waals surface area contributed by atoms with Crippen molar-refractivity contribution in [3.63, 3.8) is 0 Å². The number of carbonyl (C=O) groups is 3. The first-order valence-electron chi connectivity index (χ1n) is 19.7. The molecule has 7 unspecified atom stereocenters. The summed E-state index contributed by atoms with van der Waals surface area (Å²) in [6, 6.07) is 0. The second kappa shape index (κ2) is 10.9. The van der Waals surface area contributed by atoms with Crippen LogP contribution < -0.4 is 0 Å². The Morgan fingerprint density at radius 2 is 1.08 bits per heavy atom. The van der Waals surface area contributed by atoms with Crippen LogP contribution in [0.2, 0.25) is 0 Å². The monoisotopic (exact) mass is 686 g/mol. The van der Waals surface area contributed by atoms with Crippen molar-refractivity contribution in [2.75, 3.05) is 13.2 Å². The Kier molecular flexibility index (Phi) is 7.07. The van der Waals surface area contributed by atoms with Gasteiger partial charge in [0.05, 0.1) is 16.7 Å². The molecular weight excluding hydrogens is 634 g/mol. The zero-order chi connectivity index (χ0) is 33.5. The second-order valence-corrected chi connectivity index (χ2v) is 19.3. The molecule has 10 heteroatoms. The van der Waals surface area contributed by atoms with Crippen molar-refractivity contribution in [2.24, 2.45) is 70.0 Å². The molecule has 0 aromatic rings. The van der Waals surface area contributed by atoms with E-state index >= 15 is 0 Å². The van der Waals surface area contributed by atoms with E-state index in [-0.39, 0.29) is 37.0 Å². The van der Waals surface area contributed by atoms with E-state index in [1.807, 2.05) is 0 Å². The van der Waals surface area contributed by atoms with Gasteiger partial charge in [-0.2, -0.15) is 8.78 Å². The maximum Gasteiger partial charge on any atom is 0.376 e. The summed E-state index contributed by atoms with van der Waals surface area (Å²) in [4.78, 5) is 40.4. The van der Waals surface area contributed by atoms with E-state index in [9.17, 15) is 23.2 Å². The fourth-order valence-corrected chi connectivity index (χ4v) is 14.8. The number of hydrogen-bond donors (Lipinski definition) is 0. The third-order valence-corrected chi connectivity index (χ3v) is 15.8. The van der Waals surface area contributed by atoms with Crippen molar-refractivity contribution >= 4 is 17.9 Å². The molecule has 49 heavy (non-hydrogen) atoms. The molecule has 12 aliphatic carbocycles. The van der Waals surface area contributed by atoms with Crippen LogP contribution in [0, 0.1) is 70.0 Å². The summed E-state index contributed by atoms with van der Waals surface area (Å²) in [6.45, 7) is 0.559. The Hall–Kier alpha value is -1.81. The molecule has 1 saturated heterocycles. The molecular formula is C39H52F2O8. The number of alkyl halides is 2. The lowest BCUT2D eigenvalue weighted by Crippen LogP contribution is -2.65. The molecule has 13 fully saturated rings. The first-order valence-corrected chi connectivity index (χ1v) is 19.7. The zero-order valence-corrected chi connectivity index (χ0v) is 28.8. The van der Waals surface area contributed by atoms with Crippen molar-refractivity contribution in [2.45, 2.75) is 140 Å². The topological polar surface area (TPSA) is 97.4 Å². The molecule has 13 rings (SSSR count). The third-order valence-electron chi connectivity index (χ3n) is 15.8. The number of ether oxygens (including phenoxy) is 5. The summed E-state index contributed by atoms with van der Waals surface area (Å²) in [5, 5.41) is 0. The molecule has 7 atom stereocenters. The molecule has 13 aliphatic rings. The van der Waals surface area contributed by atoms with Crippen molar-refractivity contribution in [3.05, 3.63) is 0 Å². The van der Waals surface area contributed by atoms with Gasteiger partial charge < -0.3 is 23.7 Å². The molecule has 1 heterocycles. The minimum Gasteiger partial charge on any atom is -0.462 e. The molecule has 0 aromatic carbocycles. The van der Waals surface area contributed by atoms with Crippen LogP contribution in [0.5, 0.6) is 0 Å². The summed E-state index contributed by atoms with van der Waals surface area (Å²) in [5.74, 6) is -2.97. The van der Waals surface area contributed by atoms with Crippen LogP contribution >= 0.6 is 0 Å². The molecule has 8 nitrogen and oxygen atoms in total. The van der Waals surface area contributed by atoms with E-state index in [4.69, 9.17) is 23.7 Å². The van der Waals surface area contributed by atoms with E-state index in [2.05, 4.69) is 0 Å². The lowest BCUT2D eigenvalue weighted by Gasteiger charge is -2.60. The Morgan fingerprint density at radius 3 is 1.51 bits per heavy atom. The van der Waals surface area contributed by atoms with E-state index in [1.54, 1.807) is 0 Å². The van der Waals surface area contributed by atoms with Crippen molar-refractivity contribution in [1.29, 1.82) is 0 Å². The van der Waals surface area contributed by atoms with Crippen molar-refractivity contribution in [1.82, 2.24) is 0 Å². The molecule has 1 aliphatic heterocycles. The molecule has 0 amide bonds. The first-order chi connectivity index (χ1) is 23.4. The minimum absolute atomic E-state index is 0.00250. The van der Waals surface area contributed by atoms with Crippen LogP contribution in [0.25, 0.3) is 0 Å². The summed E-state index contributed by atoms with van der Waals surface area (Å²) < 4.78 is 60.0. The first kappa shape index (κ1) is 31.9.